The lowest BCUT2D eigenvalue weighted by Gasteiger charge is -2.28. The van der Waals surface area contributed by atoms with Gasteiger partial charge >= 0.3 is 0 Å². The fourth-order valence-electron chi connectivity index (χ4n) is 3.12. The minimum atomic E-state index is -0.745. The zero-order valence-electron chi connectivity index (χ0n) is 17.7. The molecule has 2 aromatic rings. The fraction of sp³-hybridized carbons (Fsp3) is 0.348. The maximum absolute atomic E-state index is 13.0. The van der Waals surface area contributed by atoms with Crippen molar-refractivity contribution in [3.63, 3.8) is 0 Å². The van der Waals surface area contributed by atoms with Gasteiger partial charge in [0.25, 0.3) is 11.8 Å². The van der Waals surface area contributed by atoms with Gasteiger partial charge in [0.15, 0.2) is 0 Å². The molecule has 3 N–H and O–H groups in total. The number of rotatable bonds is 4. The van der Waals surface area contributed by atoms with Gasteiger partial charge < -0.3 is 5.32 Å². The Balaban J connectivity index is 1.48. The van der Waals surface area contributed by atoms with Gasteiger partial charge in [-0.3, -0.25) is 25.2 Å². The summed E-state index contributed by atoms with van der Waals surface area (Å²) in [5, 5.41) is 2.33. The van der Waals surface area contributed by atoms with Crippen LogP contribution in [0.15, 0.2) is 48.5 Å². The molecule has 3 amide bonds. The first kappa shape index (κ1) is 22.8. The number of carbonyl (C=O) groups excluding carboxylic acids is 3. The van der Waals surface area contributed by atoms with Gasteiger partial charge in [0.2, 0.25) is 5.91 Å². The summed E-state index contributed by atoms with van der Waals surface area (Å²) in [6.45, 7) is 6.26. The summed E-state index contributed by atoms with van der Waals surface area (Å²) in [5.41, 5.74) is 7.13. The number of halogens is 1. The van der Waals surface area contributed by atoms with Crippen molar-refractivity contribution < 1.29 is 18.8 Å². The van der Waals surface area contributed by atoms with E-state index in [0.717, 1.165) is 11.1 Å². The zero-order chi connectivity index (χ0) is 22.6. The molecule has 2 unspecified atom stereocenters. The molecule has 0 spiro atoms. The van der Waals surface area contributed by atoms with Crippen LogP contribution < -0.4 is 16.2 Å². The first-order chi connectivity index (χ1) is 14.6. The first-order valence-corrected chi connectivity index (χ1v) is 11.1. The van der Waals surface area contributed by atoms with Crippen LogP contribution in [0, 0.1) is 5.82 Å². The van der Waals surface area contributed by atoms with Crippen molar-refractivity contribution in [3.8, 4) is 0 Å². The van der Waals surface area contributed by atoms with Crippen LogP contribution in [0.2, 0.25) is 0 Å². The smallest absolute Gasteiger partial charge is 0.269 e. The Bertz CT molecular complexity index is 956. The Kier molecular flexibility index (Phi) is 7.00. The van der Waals surface area contributed by atoms with Crippen LogP contribution in [-0.4, -0.2) is 34.8 Å². The number of hydrazine groups is 1. The molecular formula is C23H26FN3O3S. The maximum Gasteiger partial charge on any atom is 0.269 e. The second kappa shape index (κ2) is 9.51. The molecule has 0 aromatic heterocycles. The molecule has 0 bridgehead atoms. The highest BCUT2D eigenvalue weighted by atomic mass is 32.2. The van der Waals surface area contributed by atoms with E-state index in [1.807, 2.05) is 12.1 Å². The van der Waals surface area contributed by atoms with E-state index in [4.69, 9.17) is 0 Å². The number of carbonyl (C=O) groups is 3. The second-order valence-corrected chi connectivity index (χ2v) is 9.72. The molecule has 1 heterocycles. The lowest BCUT2D eigenvalue weighted by atomic mass is 9.87. The summed E-state index contributed by atoms with van der Waals surface area (Å²) in [4.78, 5) is 37.0. The molecule has 3 rings (SSSR count). The van der Waals surface area contributed by atoms with Crippen LogP contribution in [0.5, 0.6) is 0 Å². The maximum atomic E-state index is 13.0. The fourth-order valence-corrected chi connectivity index (χ4v) is 4.31. The molecule has 8 heteroatoms. The van der Waals surface area contributed by atoms with Gasteiger partial charge in [0.1, 0.15) is 11.9 Å². The van der Waals surface area contributed by atoms with Crippen molar-refractivity contribution in [1.29, 1.82) is 0 Å². The number of thioether (sulfide) groups is 1. The van der Waals surface area contributed by atoms with Gasteiger partial charge in [-0.25, -0.2) is 4.39 Å². The van der Waals surface area contributed by atoms with Crippen molar-refractivity contribution in [2.75, 3.05) is 5.75 Å². The molecule has 164 valence electrons. The summed E-state index contributed by atoms with van der Waals surface area (Å²) in [6, 6.07) is 12.4. The third kappa shape index (κ3) is 6.07. The minimum Gasteiger partial charge on any atom is -0.342 e. The Hall–Kier alpha value is -2.87. The van der Waals surface area contributed by atoms with Crippen LogP contribution in [-0.2, 0) is 21.4 Å². The Morgan fingerprint density at radius 1 is 1.06 bits per heavy atom. The van der Waals surface area contributed by atoms with E-state index >= 15 is 0 Å². The molecule has 1 saturated heterocycles. The van der Waals surface area contributed by atoms with E-state index in [-0.39, 0.29) is 22.4 Å². The average molecular weight is 444 g/mol. The molecule has 31 heavy (non-hydrogen) atoms. The molecule has 1 aliphatic rings. The highest BCUT2D eigenvalue weighted by molar-refractivity contribution is 8.00. The molecule has 0 saturated carbocycles. The van der Waals surface area contributed by atoms with Gasteiger partial charge in [-0.2, -0.15) is 0 Å². The summed E-state index contributed by atoms with van der Waals surface area (Å²) in [6.07, 6.45) is 0.451. The highest BCUT2D eigenvalue weighted by Gasteiger charge is 2.32. The normalized spacial score (nSPS) is 18.8. The van der Waals surface area contributed by atoms with E-state index in [9.17, 15) is 18.8 Å². The van der Waals surface area contributed by atoms with Crippen LogP contribution in [0.25, 0.3) is 0 Å². The molecule has 0 aliphatic carbocycles. The summed E-state index contributed by atoms with van der Waals surface area (Å²) in [5.74, 6) is -1.13. The van der Waals surface area contributed by atoms with Crippen LogP contribution in [0.3, 0.4) is 0 Å². The Morgan fingerprint density at radius 2 is 1.71 bits per heavy atom. The molecule has 6 nitrogen and oxygen atoms in total. The van der Waals surface area contributed by atoms with Gasteiger partial charge in [-0.05, 0) is 47.2 Å². The first-order valence-electron chi connectivity index (χ1n) is 10.0. The Morgan fingerprint density at radius 3 is 2.29 bits per heavy atom. The largest absolute Gasteiger partial charge is 0.342 e. The standard InChI is InChI=1S/C23H26FN3O3S/c1-23(2,3)16-8-6-15(7-9-16)20(28)26-27-21(29)18-13-31-19(22(30)25-18)12-14-4-10-17(24)11-5-14/h4-11,18-19H,12-13H2,1-3H3,(H,25,30)(H,26,28)(H,27,29). The number of hydrogen-bond acceptors (Lipinski definition) is 4. The Labute approximate surface area is 185 Å². The summed E-state index contributed by atoms with van der Waals surface area (Å²) >= 11 is 1.36. The number of benzene rings is 2. The predicted molar refractivity (Wildman–Crippen MR) is 119 cm³/mol. The quantitative estimate of drug-likeness (QED) is 0.634. The molecule has 0 radical (unpaired) electrons. The number of amides is 3. The van der Waals surface area contributed by atoms with Gasteiger partial charge in [-0.1, -0.05) is 45.0 Å². The topological polar surface area (TPSA) is 87.3 Å². The lowest BCUT2D eigenvalue weighted by Crippen LogP contribution is -2.57. The van der Waals surface area contributed by atoms with E-state index < -0.39 is 17.9 Å². The van der Waals surface area contributed by atoms with Crippen LogP contribution >= 0.6 is 11.8 Å². The third-order valence-electron chi connectivity index (χ3n) is 5.04. The van der Waals surface area contributed by atoms with Gasteiger partial charge in [0.05, 0.1) is 5.25 Å². The molecule has 2 aromatic carbocycles. The second-order valence-electron chi connectivity index (χ2n) is 8.48. The van der Waals surface area contributed by atoms with Crippen molar-refractivity contribution in [2.45, 2.75) is 43.9 Å². The number of hydrogen-bond donors (Lipinski definition) is 3. The molecular weight excluding hydrogens is 417 g/mol. The monoisotopic (exact) mass is 443 g/mol. The van der Waals surface area contributed by atoms with Crippen molar-refractivity contribution in [2.24, 2.45) is 0 Å². The molecule has 2 atom stereocenters. The summed E-state index contributed by atoms with van der Waals surface area (Å²) < 4.78 is 13.0. The minimum absolute atomic E-state index is 0.0192. The van der Waals surface area contributed by atoms with Gasteiger partial charge in [0, 0.05) is 11.3 Å². The van der Waals surface area contributed by atoms with E-state index in [2.05, 4.69) is 36.9 Å². The van der Waals surface area contributed by atoms with Crippen molar-refractivity contribution in [1.82, 2.24) is 16.2 Å². The number of nitrogens with one attached hydrogen (secondary N) is 3. The highest BCUT2D eigenvalue weighted by Crippen LogP contribution is 2.23. The van der Waals surface area contributed by atoms with E-state index in [0.29, 0.717) is 17.7 Å². The van der Waals surface area contributed by atoms with Gasteiger partial charge in [-0.15, -0.1) is 11.8 Å². The van der Waals surface area contributed by atoms with Crippen LogP contribution in [0.1, 0.15) is 42.3 Å². The van der Waals surface area contributed by atoms with Crippen LogP contribution in [0.4, 0.5) is 4.39 Å². The zero-order valence-corrected chi connectivity index (χ0v) is 18.5. The van der Waals surface area contributed by atoms with E-state index in [1.54, 1.807) is 24.3 Å². The lowest BCUT2D eigenvalue weighted by molar-refractivity contribution is -0.129. The summed E-state index contributed by atoms with van der Waals surface area (Å²) in [7, 11) is 0. The molecule has 1 fully saturated rings. The predicted octanol–water partition coefficient (Wildman–Crippen LogP) is 2.73. The van der Waals surface area contributed by atoms with Crippen molar-refractivity contribution >= 4 is 29.5 Å². The van der Waals surface area contributed by atoms with E-state index in [1.165, 1.54) is 23.9 Å². The average Bonchev–Trinajstić information content (AvgIpc) is 2.74. The SMILES string of the molecule is CC(C)(C)c1ccc(C(=O)NNC(=O)C2CSC(Cc3ccc(F)cc3)C(=O)N2)cc1. The third-order valence-corrected chi connectivity index (χ3v) is 6.35. The van der Waals surface area contributed by atoms with Crippen molar-refractivity contribution in [3.05, 3.63) is 71.0 Å². The molecule has 1 aliphatic heterocycles.